The number of anilines is 1. The summed E-state index contributed by atoms with van der Waals surface area (Å²) in [5.74, 6) is 0. The molecule has 1 rings (SSSR count). The van der Waals surface area contributed by atoms with Crippen LogP contribution in [0.3, 0.4) is 0 Å². The minimum Gasteiger partial charge on any atom is -0.328 e. The van der Waals surface area contributed by atoms with Gasteiger partial charge in [0.25, 0.3) is 0 Å². The maximum absolute atomic E-state index is 11.5. The summed E-state index contributed by atoms with van der Waals surface area (Å²) >= 11 is 0. The van der Waals surface area contributed by atoms with E-state index in [1.54, 1.807) is 11.9 Å². The maximum Gasteiger partial charge on any atom is 0.321 e. The molecule has 14 heavy (non-hydrogen) atoms. The predicted molar refractivity (Wildman–Crippen MR) is 60.5 cm³/mol. The molecule has 1 aromatic rings. The average molecular weight is 194 g/mol. The lowest BCUT2D eigenvalue weighted by molar-refractivity contribution is 0.222. The van der Waals surface area contributed by atoms with Crippen LogP contribution in [0.2, 0.25) is 0 Å². The van der Waals surface area contributed by atoms with Crippen molar-refractivity contribution in [3.8, 4) is 0 Å². The second-order valence-corrected chi connectivity index (χ2v) is 3.22. The Morgan fingerprint density at radius 3 is 2.64 bits per heavy atom. The lowest BCUT2D eigenvalue weighted by Crippen LogP contribution is -2.31. The lowest BCUT2D eigenvalue weighted by atomic mass is 10.3. The highest BCUT2D eigenvalue weighted by Gasteiger charge is 2.06. The van der Waals surface area contributed by atoms with Crippen molar-refractivity contribution in [2.45, 2.75) is 13.3 Å². The Bertz CT molecular complexity index is 290. The fourth-order valence-corrected chi connectivity index (χ4v) is 1.18. The van der Waals surface area contributed by atoms with E-state index in [0.717, 1.165) is 18.7 Å². The predicted octanol–water partition coefficient (Wildman–Crippen LogP) is 2.81. The van der Waals surface area contributed by atoms with Crippen molar-refractivity contribution < 1.29 is 6.22 Å². The molecule has 0 saturated heterocycles. The van der Waals surface area contributed by atoms with Gasteiger partial charge in [0.05, 0.1) is 0 Å². The topological polar surface area (TPSA) is 32.3 Å². The maximum atomic E-state index is 11.5. The van der Waals surface area contributed by atoms with E-state index in [9.17, 15) is 4.79 Å². The zero-order valence-corrected chi connectivity index (χ0v) is 8.66. The number of carbonyl (C=O) groups excluding carboxylic acids is 1. The quantitative estimate of drug-likeness (QED) is 0.788. The van der Waals surface area contributed by atoms with Crippen LogP contribution in [0.15, 0.2) is 30.3 Å². The van der Waals surface area contributed by atoms with Crippen molar-refractivity contribution in [1.82, 2.24) is 4.90 Å². The van der Waals surface area contributed by atoms with Crippen molar-refractivity contribution in [1.29, 1.82) is 0 Å². The van der Waals surface area contributed by atoms with E-state index in [4.69, 9.17) is 0 Å². The number of hydrogen-bond donors (Lipinski definition) is 1. The van der Waals surface area contributed by atoms with Crippen LogP contribution in [0.5, 0.6) is 0 Å². The number of urea groups is 1. The molecule has 78 valence electrons. The van der Waals surface area contributed by atoms with Crippen LogP contribution in [0.4, 0.5) is 10.5 Å². The molecule has 0 radical (unpaired) electrons. The van der Waals surface area contributed by atoms with E-state index in [1.807, 2.05) is 37.3 Å². The van der Waals surface area contributed by atoms with Crippen LogP contribution >= 0.6 is 0 Å². The largest absolute Gasteiger partial charge is 0.328 e. The van der Waals surface area contributed by atoms with Gasteiger partial charge < -0.3 is 10.2 Å². The van der Waals surface area contributed by atoms with E-state index in [2.05, 4.69) is 5.32 Å². The molecule has 0 aromatic heterocycles. The van der Waals surface area contributed by atoms with Crippen molar-refractivity contribution in [3.05, 3.63) is 30.3 Å². The number of amides is 2. The van der Waals surface area contributed by atoms with Crippen molar-refractivity contribution in [2.24, 2.45) is 0 Å². The number of carbonyl (C=O) groups is 1. The third-order valence-corrected chi connectivity index (χ3v) is 1.93. The van der Waals surface area contributed by atoms with Gasteiger partial charge in [0.1, 0.15) is 0 Å². The summed E-state index contributed by atoms with van der Waals surface area (Å²) in [6.07, 6.45) is 0.971. The molecule has 3 heteroatoms. The first-order valence-electron chi connectivity index (χ1n) is 4.81. The van der Waals surface area contributed by atoms with Crippen LogP contribution < -0.4 is 5.32 Å². The van der Waals surface area contributed by atoms with Crippen molar-refractivity contribution in [2.75, 3.05) is 18.9 Å². The minimum atomic E-state index is -0.0574. The van der Waals surface area contributed by atoms with Crippen molar-refractivity contribution >= 4 is 11.7 Å². The molecular weight excluding hydrogens is 176 g/mol. The highest BCUT2D eigenvalue weighted by molar-refractivity contribution is 5.88. The van der Waals surface area contributed by atoms with Crippen LogP contribution in [0.25, 0.3) is 0 Å². The van der Waals surface area contributed by atoms with Gasteiger partial charge in [-0.05, 0) is 18.6 Å². The standard InChI is InChI=1S/C11H16N2O.H2/c1-3-9-13(2)11(14)12-10-7-5-4-6-8-10;/h4-8H,3,9H2,1-2H3,(H,12,14);1H. The third-order valence-electron chi connectivity index (χ3n) is 1.93. The number of hydrogen-bond acceptors (Lipinski definition) is 1. The second kappa shape index (κ2) is 5.27. The molecule has 0 aliphatic rings. The molecule has 0 bridgehead atoms. The normalized spacial score (nSPS) is 9.57. The lowest BCUT2D eigenvalue weighted by Gasteiger charge is -2.16. The average Bonchev–Trinajstić information content (AvgIpc) is 2.19. The fourth-order valence-electron chi connectivity index (χ4n) is 1.18. The van der Waals surface area contributed by atoms with Gasteiger partial charge in [-0.2, -0.15) is 0 Å². The monoisotopic (exact) mass is 194 g/mol. The van der Waals surface area contributed by atoms with Gasteiger partial charge in [-0.15, -0.1) is 0 Å². The van der Waals surface area contributed by atoms with Gasteiger partial charge in [-0.3, -0.25) is 0 Å². The molecule has 0 atom stereocenters. The molecule has 2 amide bonds. The summed E-state index contributed by atoms with van der Waals surface area (Å²) in [5, 5.41) is 2.81. The molecule has 3 nitrogen and oxygen atoms in total. The summed E-state index contributed by atoms with van der Waals surface area (Å²) in [7, 11) is 1.79. The number of para-hydroxylation sites is 1. The van der Waals surface area contributed by atoms with Crippen LogP contribution in [-0.4, -0.2) is 24.5 Å². The summed E-state index contributed by atoms with van der Waals surface area (Å²) < 4.78 is 0. The van der Waals surface area contributed by atoms with E-state index >= 15 is 0 Å². The molecule has 0 spiro atoms. The molecule has 0 aliphatic heterocycles. The van der Waals surface area contributed by atoms with E-state index in [1.165, 1.54) is 0 Å². The van der Waals surface area contributed by atoms with Gasteiger partial charge >= 0.3 is 6.03 Å². The zero-order valence-electron chi connectivity index (χ0n) is 8.66. The molecule has 1 aromatic carbocycles. The first-order chi connectivity index (χ1) is 6.74. The van der Waals surface area contributed by atoms with Gasteiger partial charge in [-0.25, -0.2) is 4.79 Å². The third kappa shape index (κ3) is 3.09. The summed E-state index contributed by atoms with van der Waals surface area (Å²) in [4.78, 5) is 13.2. The summed E-state index contributed by atoms with van der Waals surface area (Å²) in [6.45, 7) is 2.82. The highest BCUT2D eigenvalue weighted by atomic mass is 16.2. The molecule has 0 aliphatic carbocycles. The van der Waals surface area contributed by atoms with Gasteiger partial charge in [0, 0.05) is 20.7 Å². The smallest absolute Gasteiger partial charge is 0.321 e. The first-order valence-corrected chi connectivity index (χ1v) is 4.81. The number of nitrogens with one attached hydrogen (secondary N) is 1. The van der Waals surface area contributed by atoms with E-state index < -0.39 is 0 Å². The van der Waals surface area contributed by atoms with E-state index in [0.29, 0.717) is 0 Å². The number of benzene rings is 1. The second-order valence-electron chi connectivity index (χ2n) is 3.22. The Balaban J connectivity index is 0.00000196. The zero-order chi connectivity index (χ0) is 10.4. The Morgan fingerprint density at radius 2 is 2.07 bits per heavy atom. The summed E-state index contributed by atoms with van der Waals surface area (Å²) in [5.41, 5.74) is 0.834. The van der Waals surface area contributed by atoms with Crippen LogP contribution in [0, 0.1) is 0 Å². The highest BCUT2D eigenvalue weighted by Crippen LogP contribution is 2.05. The SMILES string of the molecule is CCCN(C)C(=O)Nc1ccccc1.[HH]. The van der Waals surface area contributed by atoms with Crippen LogP contribution in [-0.2, 0) is 0 Å². The number of rotatable bonds is 3. The van der Waals surface area contributed by atoms with Crippen LogP contribution in [0.1, 0.15) is 14.8 Å². The van der Waals surface area contributed by atoms with Gasteiger partial charge in [0.15, 0.2) is 0 Å². The minimum absolute atomic E-state index is 0. The number of nitrogens with zero attached hydrogens (tertiary/aromatic N) is 1. The fraction of sp³-hybridized carbons (Fsp3) is 0.364. The Morgan fingerprint density at radius 1 is 1.43 bits per heavy atom. The first kappa shape index (κ1) is 10.6. The van der Waals surface area contributed by atoms with Crippen molar-refractivity contribution in [3.63, 3.8) is 0 Å². The molecule has 0 heterocycles. The molecular formula is C11H18N2O. The molecule has 1 N–H and O–H groups in total. The van der Waals surface area contributed by atoms with E-state index in [-0.39, 0.29) is 7.46 Å². The Labute approximate surface area is 86.2 Å². The molecule has 0 saturated carbocycles. The van der Waals surface area contributed by atoms with Gasteiger partial charge in [-0.1, -0.05) is 25.1 Å². The van der Waals surface area contributed by atoms with Gasteiger partial charge in [0.2, 0.25) is 0 Å². The molecule has 0 unspecified atom stereocenters. The molecule has 0 fully saturated rings. The Hall–Kier alpha value is -1.51. The Kier molecular flexibility index (Phi) is 3.98. The summed E-state index contributed by atoms with van der Waals surface area (Å²) in [6, 6.07) is 9.41.